The van der Waals surface area contributed by atoms with Gasteiger partial charge in [0.15, 0.2) is 5.37 Å². The monoisotopic (exact) mass is 231 g/mol. The van der Waals surface area contributed by atoms with E-state index in [1.165, 1.54) is 0 Å². The zero-order valence-corrected chi connectivity index (χ0v) is 8.12. The quantitative estimate of drug-likeness (QED) is 0.595. The lowest BCUT2D eigenvalue weighted by Crippen LogP contribution is -2.39. The molecule has 0 aromatic heterocycles. The van der Waals surface area contributed by atoms with Crippen LogP contribution in [0.3, 0.4) is 0 Å². The van der Waals surface area contributed by atoms with Crippen molar-refractivity contribution in [2.75, 3.05) is 6.54 Å². The van der Waals surface area contributed by atoms with Crippen LogP contribution < -0.4 is 0 Å². The minimum absolute atomic E-state index is 0.00137. The van der Waals surface area contributed by atoms with Crippen molar-refractivity contribution >= 4 is 20.4 Å². The topological polar surface area (TPSA) is 112 Å². The van der Waals surface area contributed by atoms with Crippen LogP contribution in [-0.4, -0.2) is 42.2 Å². The molecular formula is C4H9NO6S2. The molecule has 78 valence electrons. The van der Waals surface area contributed by atoms with Gasteiger partial charge in [0.1, 0.15) is 0 Å². The van der Waals surface area contributed by atoms with E-state index in [1.807, 2.05) is 0 Å². The van der Waals surface area contributed by atoms with E-state index >= 15 is 0 Å². The predicted octanol–water partition coefficient (Wildman–Crippen LogP) is -0.901. The zero-order chi connectivity index (χ0) is 10.3. The molecule has 2 N–H and O–H groups in total. The van der Waals surface area contributed by atoms with E-state index in [9.17, 15) is 16.8 Å². The molecule has 0 saturated carbocycles. The third-order valence-electron chi connectivity index (χ3n) is 1.79. The maximum Gasteiger partial charge on any atom is 0.337 e. The average Bonchev–Trinajstić information content (AvgIpc) is 2.27. The van der Waals surface area contributed by atoms with Crippen molar-refractivity contribution in [3.05, 3.63) is 0 Å². The second-order valence-corrected chi connectivity index (χ2v) is 5.64. The third-order valence-corrected chi connectivity index (χ3v) is 4.13. The number of rotatable bonds is 2. The van der Waals surface area contributed by atoms with Crippen molar-refractivity contribution in [3.63, 3.8) is 0 Å². The molecule has 9 heteroatoms. The normalized spacial score (nSPS) is 26.5. The molecule has 0 aromatic rings. The van der Waals surface area contributed by atoms with Gasteiger partial charge < -0.3 is 0 Å². The van der Waals surface area contributed by atoms with E-state index in [0.29, 0.717) is 10.7 Å². The van der Waals surface area contributed by atoms with E-state index in [0.717, 1.165) is 0 Å². The Hall–Kier alpha value is -0.220. The summed E-state index contributed by atoms with van der Waals surface area (Å²) in [5, 5.41) is -1.54. The van der Waals surface area contributed by atoms with E-state index < -0.39 is 25.8 Å². The maximum atomic E-state index is 10.6. The highest BCUT2D eigenvalue weighted by Crippen LogP contribution is 2.23. The van der Waals surface area contributed by atoms with Crippen LogP contribution in [-0.2, 0) is 20.4 Å². The van der Waals surface area contributed by atoms with Crippen LogP contribution in [0.4, 0.5) is 0 Å². The van der Waals surface area contributed by atoms with Gasteiger partial charge in [0.25, 0.3) is 10.1 Å². The first kappa shape index (κ1) is 10.9. The summed E-state index contributed by atoms with van der Waals surface area (Å²) >= 11 is 0. The number of hydrogen-bond donors (Lipinski definition) is 2. The third kappa shape index (κ3) is 2.38. The molecule has 1 saturated heterocycles. The molecule has 0 spiro atoms. The second-order valence-electron chi connectivity index (χ2n) is 2.70. The van der Waals surface area contributed by atoms with Gasteiger partial charge in [0.05, 0.1) is 0 Å². The molecular weight excluding hydrogens is 222 g/mol. The highest BCUT2D eigenvalue weighted by Gasteiger charge is 2.40. The van der Waals surface area contributed by atoms with Crippen LogP contribution >= 0.6 is 0 Å². The number of hydrogen-bond acceptors (Lipinski definition) is 4. The fourth-order valence-corrected chi connectivity index (χ4v) is 3.55. The summed E-state index contributed by atoms with van der Waals surface area (Å²) in [5.74, 6) is 0. The lowest BCUT2D eigenvalue weighted by atomic mass is 10.4. The molecule has 1 aliphatic rings. The molecule has 0 radical (unpaired) electrons. The van der Waals surface area contributed by atoms with Crippen LogP contribution in [0.2, 0.25) is 0 Å². The molecule has 1 atom stereocenters. The molecule has 0 aliphatic carbocycles. The molecule has 1 heterocycles. The van der Waals surface area contributed by atoms with Gasteiger partial charge in [-0.25, -0.2) is 0 Å². The van der Waals surface area contributed by atoms with Gasteiger partial charge in [-0.2, -0.15) is 21.1 Å². The van der Waals surface area contributed by atoms with Crippen molar-refractivity contribution in [2.24, 2.45) is 0 Å². The molecule has 1 rings (SSSR count). The Morgan fingerprint density at radius 3 is 2.00 bits per heavy atom. The minimum atomic E-state index is -4.54. The highest BCUT2D eigenvalue weighted by atomic mass is 32.2. The predicted molar refractivity (Wildman–Crippen MR) is 42.8 cm³/mol. The van der Waals surface area contributed by atoms with Crippen molar-refractivity contribution in [2.45, 2.75) is 18.2 Å². The molecule has 7 nitrogen and oxygen atoms in total. The second kappa shape index (κ2) is 3.17. The zero-order valence-electron chi connectivity index (χ0n) is 6.49. The van der Waals surface area contributed by atoms with Crippen LogP contribution in [0.5, 0.6) is 0 Å². The Kier molecular flexibility index (Phi) is 2.65. The Morgan fingerprint density at radius 2 is 1.69 bits per heavy atom. The smallest absolute Gasteiger partial charge is 0.284 e. The molecule has 0 amide bonds. The summed E-state index contributed by atoms with van der Waals surface area (Å²) in [6.07, 6.45) is 0.295. The highest BCUT2D eigenvalue weighted by molar-refractivity contribution is 7.88. The Morgan fingerprint density at radius 1 is 1.15 bits per heavy atom. The van der Waals surface area contributed by atoms with Gasteiger partial charge in [-0.05, 0) is 12.8 Å². The molecule has 13 heavy (non-hydrogen) atoms. The summed E-state index contributed by atoms with van der Waals surface area (Å²) in [7, 11) is -8.99. The van der Waals surface area contributed by atoms with Gasteiger partial charge in [0.2, 0.25) is 0 Å². The number of nitrogens with zero attached hydrogens (tertiary/aromatic N) is 1. The van der Waals surface area contributed by atoms with E-state index in [2.05, 4.69) is 0 Å². The van der Waals surface area contributed by atoms with Crippen LogP contribution in [0.15, 0.2) is 0 Å². The first-order valence-electron chi connectivity index (χ1n) is 3.43. The average molecular weight is 231 g/mol. The van der Waals surface area contributed by atoms with Crippen molar-refractivity contribution in [1.29, 1.82) is 0 Å². The molecule has 1 unspecified atom stereocenters. The summed E-state index contributed by atoms with van der Waals surface area (Å²) in [5.41, 5.74) is 0. The van der Waals surface area contributed by atoms with Gasteiger partial charge in [-0.3, -0.25) is 9.11 Å². The Bertz CT molecular complexity index is 345. The van der Waals surface area contributed by atoms with Crippen molar-refractivity contribution in [3.8, 4) is 0 Å². The van der Waals surface area contributed by atoms with Crippen LogP contribution in [0.25, 0.3) is 0 Å². The Balaban J connectivity index is 3.03. The van der Waals surface area contributed by atoms with Gasteiger partial charge >= 0.3 is 10.3 Å². The standard InChI is InChI=1S/C4H9NO6S2/c6-12(7,8)4-2-1-3-5(4)13(9,10)11/h4H,1-3H2,(H,6,7,8)(H,9,10,11). The summed E-state index contributed by atoms with van der Waals surface area (Å²) < 4.78 is 60.0. The van der Waals surface area contributed by atoms with E-state index in [-0.39, 0.29) is 13.0 Å². The fraction of sp³-hybridized carbons (Fsp3) is 1.00. The largest absolute Gasteiger partial charge is 0.337 e. The SMILES string of the molecule is O=S(=O)(O)C1CCCN1S(=O)(=O)O. The molecule has 0 bridgehead atoms. The Labute approximate surface area is 76.0 Å². The van der Waals surface area contributed by atoms with E-state index in [1.54, 1.807) is 0 Å². The van der Waals surface area contributed by atoms with Gasteiger partial charge in [-0.1, -0.05) is 0 Å². The maximum absolute atomic E-state index is 10.6. The lowest BCUT2D eigenvalue weighted by Gasteiger charge is -2.17. The van der Waals surface area contributed by atoms with Crippen molar-refractivity contribution < 1.29 is 25.9 Å². The van der Waals surface area contributed by atoms with Crippen LogP contribution in [0, 0.1) is 0 Å². The fourth-order valence-electron chi connectivity index (χ4n) is 1.27. The van der Waals surface area contributed by atoms with Gasteiger partial charge in [0, 0.05) is 6.54 Å². The lowest BCUT2D eigenvalue weighted by molar-refractivity contribution is 0.355. The summed E-state index contributed by atoms with van der Waals surface area (Å²) in [6, 6.07) is 0. The first-order valence-corrected chi connectivity index (χ1v) is 6.33. The minimum Gasteiger partial charge on any atom is -0.284 e. The molecule has 0 aromatic carbocycles. The van der Waals surface area contributed by atoms with E-state index in [4.69, 9.17) is 9.11 Å². The summed E-state index contributed by atoms with van der Waals surface area (Å²) in [4.78, 5) is 0. The van der Waals surface area contributed by atoms with Crippen LogP contribution in [0.1, 0.15) is 12.8 Å². The first-order chi connectivity index (χ1) is 5.73. The molecule has 1 fully saturated rings. The molecule has 1 aliphatic heterocycles. The van der Waals surface area contributed by atoms with Crippen molar-refractivity contribution in [1.82, 2.24) is 4.31 Å². The van der Waals surface area contributed by atoms with Gasteiger partial charge in [-0.15, -0.1) is 0 Å². The summed E-state index contributed by atoms with van der Waals surface area (Å²) in [6.45, 7) is -0.0940.